The van der Waals surface area contributed by atoms with Gasteiger partial charge in [-0.15, -0.1) is 11.3 Å². The first-order valence-corrected chi connectivity index (χ1v) is 8.70. The van der Waals surface area contributed by atoms with Crippen LogP contribution in [0.1, 0.15) is 11.8 Å². The van der Waals surface area contributed by atoms with Gasteiger partial charge in [0.05, 0.1) is 5.75 Å². The summed E-state index contributed by atoms with van der Waals surface area (Å²) in [5.41, 5.74) is 0. The second-order valence-electron chi connectivity index (χ2n) is 3.33. The quantitative estimate of drug-likeness (QED) is 0.732. The lowest BCUT2D eigenvalue weighted by atomic mass is 10.4. The average molecular weight is 362 g/mol. The van der Waals surface area contributed by atoms with E-state index in [0.29, 0.717) is 24.0 Å². The molecule has 0 saturated carbocycles. The molecule has 0 amide bonds. The molecule has 1 heterocycles. The molecular formula is C9H14BrClN2O2S2. The average Bonchev–Trinajstić information content (AvgIpc) is 2.53. The Hall–Kier alpha value is 0.340. The van der Waals surface area contributed by atoms with Gasteiger partial charge in [0.2, 0.25) is 10.0 Å². The van der Waals surface area contributed by atoms with Crippen LogP contribution in [-0.4, -0.2) is 27.3 Å². The zero-order valence-corrected chi connectivity index (χ0v) is 13.3. The van der Waals surface area contributed by atoms with Crippen LogP contribution in [-0.2, 0) is 16.6 Å². The maximum Gasteiger partial charge on any atom is 0.212 e. The third-order valence-corrected chi connectivity index (χ3v) is 5.85. The lowest BCUT2D eigenvalue weighted by Crippen LogP contribution is -2.31. The van der Waals surface area contributed by atoms with Crippen LogP contribution in [0.3, 0.4) is 0 Å². The van der Waals surface area contributed by atoms with Gasteiger partial charge in [0.1, 0.15) is 4.34 Å². The first-order chi connectivity index (χ1) is 7.94. The molecule has 0 aromatic carbocycles. The van der Waals surface area contributed by atoms with E-state index in [1.165, 1.54) is 11.3 Å². The topological polar surface area (TPSA) is 58.2 Å². The minimum Gasteiger partial charge on any atom is -0.311 e. The van der Waals surface area contributed by atoms with Crippen LogP contribution in [0.25, 0.3) is 0 Å². The van der Waals surface area contributed by atoms with E-state index in [0.717, 1.165) is 9.35 Å². The van der Waals surface area contributed by atoms with Gasteiger partial charge in [-0.1, -0.05) is 18.5 Å². The van der Waals surface area contributed by atoms with Gasteiger partial charge in [0.25, 0.3) is 0 Å². The molecule has 0 spiro atoms. The Bertz CT molecular complexity index is 442. The molecule has 98 valence electrons. The Morgan fingerprint density at radius 1 is 1.53 bits per heavy atom. The molecule has 1 aromatic heterocycles. The van der Waals surface area contributed by atoms with Crippen molar-refractivity contribution in [3.05, 3.63) is 19.8 Å². The molecule has 0 fully saturated rings. The maximum absolute atomic E-state index is 11.3. The number of hydrogen-bond acceptors (Lipinski definition) is 4. The Kier molecular flexibility index (Phi) is 6.39. The number of thiophene rings is 1. The van der Waals surface area contributed by atoms with Crippen LogP contribution in [0.5, 0.6) is 0 Å². The van der Waals surface area contributed by atoms with Gasteiger partial charge in [0.15, 0.2) is 0 Å². The highest BCUT2D eigenvalue weighted by Gasteiger charge is 2.08. The number of halogens is 2. The Balaban J connectivity index is 2.29. The van der Waals surface area contributed by atoms with E-state index in [1.807, 2.05) is 6.07 Å². The summed E-state index contributed by atoms with van der Waals surface area (Å²) in [7, 11) is -3.13. The van der Waals surface area contributed by atoms with Gasteiger partial charge >= 0.3 is 0 Å². The molecule has 4 nitrogen and oxygen atoms in total. The minimum atomic E-state index is -3.13. The SMILES string of the molecule is CCNS(=O)(=O)CCNCc1cc(Br)c(Cl)s1. The number of nitrogens with one attached hydrogen (secondary N) is 2. The van der Waals surface area contributed by atoms with Gasteiger partial charge in [-0.25, -0.2) is 13.1 Å². The highest BCUT2D eigenvalue weighted by molar-refractivity contribution is 9.10. The fourth-order valence-electron chi connectivity index (χ4n) is 1.19. The number of sulfonamides is 1. The highest BCUT2D eigenvalue weighted by atomic mass is 79.9. The molecule has 0 radical (unpaired) electrons. The summed E-state index contributed by atoms with van der Waals surface area (Å²) in [4.78, 5) is 1.07. The smallest absolute Gasteiger partial charge is 0.212 e. The minimum absolute atomic E-state index is 0.0844. The molecule has 0 bridgehead atoms. The molecule has 0 atom stereocenters. The zero-order chi connectivity index (χ0) is 12.9. The molecule has 0 aliphatic rings. The van der Waals surface area contributed by atoms with Crippen LogP contribution >= 0.6 is 38.9 Å². The molecule has 0 unspecified atom stereocenters. The lowest BCUT2D eigenvalue weighted by molar-refractivity contribution is 0.579. The molecule has 0 saturated heterocycles. The van der Waals surface area contributed by atoms with Crippen molar-refractivity contribution in [1.82, 2.24) is 10.0 Å². The van der Waals surface area contributed by atoms with E-state index < -0.39 is 10.0 Å². The van der Waals surface area contributed by atoms with Crippen molar-refractivity contribution in [2.45, 2.75) is 13.5 Å². The van der Waals surface area contributed by atoms with Gasteiger partial charge in [-0.3, -0.25) is 0 Å². The molecule has 8 heteroatoms. The molecule has 2 N–H and O–H groups in total. The van der Waals surface area contributed by atoms with Crippen molar-refractivity contribution in [2.24, 2.45) is 0 Å². The summed E-state index contributed by atoms with van der Waals surface area (Å²) >= 11 is 10.7. The van der Waals surface area contributed by atoms with Crippen molar-refractivity contribution in [1.29, 1.82) is 0 Å². The van der Waals surface area contributed by atoms with E-state index in [2.05, 4.69) is 26.0 Å². The van der Waals surface area contributed by atoms with Crippen LogP contribution in [0, 0.1) is 0 Å². The predicted molar refractivity (Wildman–Crippen MR) is 76.2 cm³/mol. The fourth-order valence-corrected chi connectivity index (χ4v) is 3.95. The summed E-state index contributed by atoms with van der Waals surface area (Å²) in [6.07, 6.45) is 0. The van der Waals surface area contributed by atoms with Gasteiger partial charge in [0, 0.05) is 29.0 Å². The summed E-state index contributed by atoms with van der Waals surface area (Å²) in [6, 6.07) is 1.93. The number of hydrogen-bond donors (Lipinski definition) is 2. The van der Waals surface area contributed by atoms with Crippen molar-refractivity contribution in [3.63, 3.8) is 0 Å². The van der Waals surface area contributed by atoms with Gasteiger partial charge in [-0.05, 0) is 22.0 Å². The van der Waals surface area contributed by atoms with E-state index in [-0.39, 0.29) is 5.75 Å². The Labute approximate surface area is 119 Å². The van der Waals surface area contributed by atoms with E-state index in [4.69, 9.17) is 11.6 Å². The van der Waals surface area contributed by atoms with E-state index >= 15 is 0 Å². The van der Waals surface area contributed by atoms with Crippen LogP contribution in [0.15, 0.2) is 10.5 Å². The third kappa shape index (κ3) is 5.67. The van der Waals surface area contributed by atoms with Crippen LogP contribution < -0.4 is 10.0 Å². The van der Waals surface area contributed by atoms with Crippen LogP contribution in [0.4, 0.5) is 0 Å². The molecular weight excluding hydrogens is 348 g/mol. The van der Waals surface area contributed by atoms with Gasteiger partial charge < -0.3 is 5.32 Å². The maximum atomic E-state index is 11.3. The predicted octanol–water partition coefficient (Wildman–Crippen LogP) is 2.19. The highest BCUT2D eigenvalue weighted by Crippen LogP contribution is 2.31. The van der Waals surface area contributed by atoms with Crippen molar-refractivity contribution >= 4 is 48.9 Å². The summed E-state index contributed by atoms with van der Waals surface area (Å²) < 4.78 is 26.7. The summed E-state index contributed by atoms with van der Waals surface area (Å²) in [6.45, 7) is 3.23. The second kappa shape index (κ2) is 7.06. The number of rotatable bonds is 7. The third-order valence-electron chi connectivity index (χ3n) is 1.91. The van der Waals surface area contributed by atoms with E-state index in [9.17, 15) is 8.42 Å². The normalized spacial score (nSPS) is 11.9. The zero-order valence-electron chi connectivity index (χ0n) is 9.29. The first kappa shape index (κ1) is 15.4. The van der Waals surface area contributed by atoms with E-state index in [1.54, 1.807) is 6.92 Å². The van der Waals surface area contributed by atoms with Crippen molar-refractivity contribution in [2.75, 3.05) is 18.8 Å². The van der Waals surface area contributed by atoms with Crippen LogP contribution in [0.2, 0.25) is 4.34 Å². The largest absolute Gasteiger partial charge is 0.311 e. The summed E-state index contributed by atoms with van der Waals surface area (Å²) in [5, 5.41) is 3.07. The lowest BCUT2D eigenvalue weighted by Gasteiger charge is -2.05. The Morgan fingerprint density at radius 3 is 2.76 bits per heavy atom. The molecule has 17 heavy (non-hydrogen) atoms. The second-order valence-corrected chi connectivity index (χ2v) is 7.85. The molecule has 1 rings (SSSR count). The Morgan fingerprint density at radius 2 is 2.24 bits per heavy atom. The first-order valence-electron chi connectivity index (χ1n) is 5.06. The monoisotopic (exact) mass is 360 g/mol. The standard InChI is InChI=1S/C9H14BrClN2O2S2/c1-2-13-17(14,15)4-3-12-6-7-5-8(10)9(11)16-7/h5,12-13H,2-4,6H2,1H3. The fraction of sp³-hybridized carbons (Fsp3) is 0.556. The van der Waals surface area contributed by atoms with Crippen molar-refractivity contribution in [3.8, 4) is 0 Å². The molecule has 0 aliphatic carbocycles. The van der Waals surface area contributed by atoms with Gasteiger partial charge in [-0.2, -0.15) is 0 Å². The van der Waals surface area contributed by atoms with Crippen molar-refractivity contribution < 1.29 is 8.42 Å². The molecule has 1 aromatic rings. The molecule has 0 aliphatic heterocycles. The summed E-state index contributed by atoms with van der Waals surface area (Å²) in [5.74, 6) is 0.0844.